The van der Waals surface area contributed by atoms with Crippen LogP contribution >= 0.6 is 0 Å². The monoisotopic (exact) mass is 291 g/mol. The van der Waals surface area contributed by atoms with Crippen LogP contribution in [0.4, 0.5) is 5.69 Å². The first-order chi connectivity index (χ1) is 10.1. The van der Waals surface area contributed by atoms with Gasteiger partial charge in [0.25, 0.3) is 0 Å². The zero-order valence-electron chi connectivity index (χ0n) is 13.9. The SMILES string of the molecule is CCCNCc1ccc(N(C)CC(=O)N(CC)CC)cc1. The first-order valence-electron chi connectivity index (χ1n) is 7.90. The normalized spacial score (nSPS) is 10.5. The van der Waals surface area contributed by atoms with Crippen LogP contribution in [0.1, 0.15) is 32.8 Å². The fourth-order valence-electron chi connectivity index (χ4n) is 2.25. The summed E-state index contributed by atoms with van der Waals surface area (Å²) in [6.07, 6.45) is 1.15. The largest absolute Gasteiger partial charge is 0.365 e. The van der Waals surface area contributed by atoms with E-state index in [4.69, 9.17) is 0 Å². The highest BCUT2D eigenvalue weighted by atomic mass is 16.2. The van der Waals surface area contributed by atoms with E-state index in [1.165, 1.54) is 5.56 Å². The van der Waals surface area contributed by atoms with Gasteiger partial charge in [0.2, 0.25) is 5.91 Å². The molecule has 0 aliphatic rings. The van der Waals surface area contributed by atoms with Crippen molar-refractivity contribution < 1.29 is 4.79 Å². The second-order valence-electron chi connectivity index (χ2n) is 5.27. The van der Waals surface area contributed by atoms with Crippen molar-refractivity contribution in [1.29, 1.82) is 0 Å². The van der Waals surface area contributed by atoms with Crippen LogP contribution in [0.2, 0.25) is 0 Å². The summed E-state index contributed by atoms with van der Waals surface area (Å²) in [6.45, 7) is 10.1. The van der Waals surface area contributed by atoms with Crippen molar-refractivity contribution >= 4 is 11.6 Å². The second kappa shape index (κ2) is 9.40. The van der Waals surface area contributed by atoms with Crippen LogP contribution < -0.4 is 10.2 Å². The van der Waals surface area contributed by atoms with Gasteiger partial charge in [-0.2, -0.15) is 0 Å². The molecule has 0 atom stereocenters. The maximum Gasteiger partial charge on any atom is 0.242 e. The van der Waals surface area contributed by atoms with Crippen LogP contribution in [-0.2, 0) is 11.3 Å². The third-order valence-corrected chi connectivity index (χ3v) is 3.62. The van der Waals surface area contributed by atoms with E-state index in [2.05, 4.69) is 36.5 Å². The summed E-state index contributed by atoms with van der Waals surface area (Å²) < 4.78 is 0. The molecule has 0 saturated heterocycles. The number of hydrogen-bond donors (Lipinski definition) is 1. The van der Waals surface area contributed by atoms with Gasteiger partial charge in [0, 0.05) is 32.4 Å². The maximum absolute atomic E-state index is 12.1. The third kappa shape index (κ3) is 5.76. The Morgan fingerprint density at radius 1 is 1.10 bits per heavy atom. The van der Waals surface area contributed by atoms with Crippen molar-refractivity contribution in [3.63, 3.8) is 0 Å². The highest BCUT2D eigenvalue weighted by Crippen LogP contribution is 2.14. The van der Waals surface area contributed by atoms with Gasteiger partial charge in [-0.25, -0.2) is 0 Å². The van der Waals surface area contributed by atoms with Crippen LogP contribution in [0.5, 0.6) is 0 Å². The lowest BCUT2D eigenvalue weighted by Crippen LogP contribution is -2.38. The summed E-state index contributed by atoms with van der Waals surface area (Å²) in [4.78, 5) is 16.0. The van der Waals surface area contributed by atoms with Crippen molar-refractivity contribution in [2.75, 3.05) is 38.1 Å². The van der Waals surface area contributed by atoms with Gasteiger partial charge in [0.1, 0.15) is 0 Å². The molecule has 0 aromatic heterocycles. The van der Waals surface area contributed by atoms with E-state index in [-0.39, 0.29) is 5.91 Å². The number of nitrogens with one attached hydrogen (secondary N) is 1. The van der Waals surface area contributed by atoms with Crippen LogP contribution in [0, 0.1) is 0 Å². The van der Waals surface area contributed by atoms with Crippen LogP contribution in [-0.4, -0.2) is 44.0 Å². The van der Waals surface area contributed by atoms with Gasteiger partial charge < -0.3 is 15.1 Å². The lowest BCUT2D eigenvalue weighted by Gasteiger charge is -2.24. The van der Waals surface area contributed by atoms with Crippen molar-refractivity contribution in [2.45, 2.75) is 33.7 Å². The number of rotatable bonds is 9. The van der Waals surface area contributed by atoms with Crippen LogP contribution in [0.3, 0.4) is 0 Å². The molecule has 0 bridgehead atoms. The molecule has 1 aromatic carbocycles. The van der Waals surface area contributed by atoms with Gasteiger partial charge in [-0.05, 0) is 44.5 Å². The number of anilines is 1. The Balaban J connectivity index is 2.54. The van der Waals surface area contributed by atoms with Crippen LogP contribution in [0.25, 0.3) is 0 Å². The first kappa shape index (κ1) is 17.5. The lowest BCUT2D eigenvalue weighted by molar-refractivity contribution is -0.129. The number of hydrogen-bond acceptors (Lipinski definition) is 3. The van der Waals surface area contributed by atoms with Gasteiger partial charge in [-0.15, -0.1) is 0 Å². The average Bonchev–Trinajstić information content (AvgIpc) is 2.49. The molecule has 4 heteroatoms. The fraction of sp³-hybridized carbons (Fsp3) is 0.588. The summed E-state index contributed by atoms with van der Waals surface area (Å²) in [5, 5.41) is 3.39. The van der Waals surface area contributed by atoms with Crippen molar-refractivity contribution in [3.8, 4) is 0 Å². The van der Waals surface area contributed by atoms with E-state index in [1.54, 1.807) is 0 Å². The summed E-state index contributed by atoms with van der Waals surface area (Å²) in [5.74, 6) is 0.177. The van der Waals surface area contributed by atoms with Gasteiger partial charge >= 0.3 is 0 Å². The number of nitrogens with zero attached hydrogens (tertiary/aromatic N) is 2. The second-order valence-corrected chi connectivity index (χ2v) is 5.27. The highest BCUT2D eigenvalue weighted by molar-refractivity contribution is 5.81. The highest BCUT2D eigenvalue weighted by Gasteiger charge is 2.12. The molecule has 0 unspecified atom stereocenters. The Morgan fingerprint density at radius 2 is 1.71 bits per heavy atom. The quantitative estimate of drug-likeness (QED) is 0.710. The summed E-state index contributed by atoms with van der Waals surface area (Å²) in [7, 11) is 1.96. The average molecular weight is 291 g/mol. The minimum Gasteiger partial charge on any atom is -0.365 e. The molecule has 1 rings (SSSR count). The number of amides is 1. The minimum absolute atomic E-state index is 0.177. The number of benzene rings is 1. The van der Waals surface area contributed by atoms with Gasteiger partial charge in [-0.3, -0.25) is 4.79 Å². The Bertz CT molecular complexity index is 413. The Hall–Kier alpha value is -1.55. The zero-order chi connectivity index (χ0) is 15.7. The summed E-state index contributed by atoms with van der Waals surface area (Å²) in [5.41, 5.74) is 2.35. The minimum atomic E-state index is 0.177. The summed E-state index contributed by atoms with van der Waals surface area (Å²) >= 11 is 0. The van der Waals surface area contributed by atoms with Crippen LogP contribution in [0.15, 0.2) is 24.3 Å². The number of carbonyl (C=O) groups is 1. The van der Waals surface area contributed by atoms with Gasteiger partial charge in [0.05, 0.1) is 6.54 Å². The molecule has 4 nitrogen and oxygen atoms in total. The molecule has 0 radical (unpaired) electrons. The van der Waals surface area contributed by atoms with Gasteiger partial charge in [-0.1, -0.05) is 19.1 Å². The number of carbonyl (C=O) groups excluding carboxylic acids is 1. The molecule has 0 heterocycles. The molecule has 21 heavy (non-hydrogen) atoms. The summed E-state index contributed by atoms with van der Waals surface area (Å²) in [6, 6.07) is 8.41. The van der Waals surface area contributed by atoms with E-state index < -0.39 is 0 Å². The topological polar surface area (TPSA) is 35.6 Å². The fourth-order valence-corrected chi connectivity index (χ4v) is 2.25. The first-order valence-corrected chi connectivity index (χ1v) is 7.90. The molecule has 0 saturated carbocycles. The molecular formula is C17H29N3O. The van der Waals surface area contributed by atoms with Crippen molar-refractivity contribution in [1.82, 2.24) is 10.2 Å². The van der Waals surface area contributed by atoms with Crippen molar-refractivity contribution in [2.24, 2.45) is 0 Å². The molecule has 0 spiro atoms. The molecule has 118 valence electrons. The van der Waals surface area contributed by atoms with Crippen molar-refractivity contribution in [3.05, 3.63) is 29.8 Å². The van der Waals surface area contributed by atoms with E-state index >= 15 is 0 Å². The molecule has 1 amide bonds. The van der Waals surface area contributed by atoms with E-state index in [0.29, 0.717) is 6.54 Å². The van der Waals surface area contributed by atoms with E-state index in [0.717, 1.165) is 38.3 Å². The van der Waals surface area contributed by atoms with E-state index in [9.17, 15) is 4.79 Å². The third-order valence-electron chi connectivity index (χ3n) is 3.62. The van der Waals surface area contributed by atoms with Gasteiger partial charge in [0.15, 0.2) is 0 Å². The smallest absolute Gasteiger partial charge is 0.242 e. The zero-order valence-corrected chi connectivity index (χ0v) is 13.9. The molecule has 1 N–H and O–H groups in total. The Labute approximate surface area is 129 Å². The molecular weight excluding hydrogens is 262 g/mol. The maximum atomic E-state index is 12.1. The molecule has 0 aliphatic heterocycles. The number of likely N-dealkylation sites (N-methyl/N-ethyl adjacent to an activating group) is 2. The Kier molecular flexibility index (Phi) is 7.83. The predicted molar refractivity (Wildman–Crippen MR) is 89.6 cm³/mol. The predicted octanol–water partition coefficient (Wildman–Crippen LogP) is 2.49. The molecule has 0 aliphatic carbocycles. The lowest BCUT2D eigenvalue weighted by atomic mass is 10.2. The molecule has 0 fully saturated rings. The standard InChI is InChI=1S/C17H29N3O/c1-5-12-18-13-15-8-10-16(11-9-15)19(4)14-17(21)20(6-2)7-3/h8-11,18H,5-7,12-14H2,1-4H3. The van der Waals surface area contributed by atoms with E-state index in [1.807, 2.05) is 30.7 Å². The molecule has 1 aromatic rings. The Morgan fingerprint density at radius 3 is 2.24 bits per heavy atom.